The van der Waals surface area contributed by atoms with E-state index in [2.05, 4.69) is 15.1 Å². The molecule has 3 aromatic heterocycles. The van der Waals surface area contributed by atoms with Crippen LogP contribution in [0.5, 0.6) is 5.75 Å². The van der Waals surface area contributed by atoms with Gasteiger partial charge in [-0.2, -0.15) is 0 Å². The van der Waals surface area contributed by atoms with Crippen LogP contribution in [0.15, 0.2) is 47.4 Å². The van der Waals surface area contributed by atoms with Crippen molar-refractivity contribution in [2.75, 3.05) is 6.61 Å². The number of carbonyl (C=O) groups is 1. The van der Waals surface area contributed by atoms with Crippen LogP contribution in [0, 0.1) is 10.8 Å². The summed E-state index contributed by atoms with van der Waals surface area (Å²) in [7, 11) is 0. The van der Waals surface area contributed by atoms with Gasteiger partial charge in [0.1, 0.15) is 17.2 Å². The summed E-state index contributed by atoms with van der Waals surface area (Å²) in [4.78, 5) is 20.0. The van der Waals surface area contributed by atoms with E-state index in [1.807, 2.05) is 12.1 Å². The number of hydrogen-bond acceptors (Lipinski definition) is 7. The van der Waals surface area contributed by atoms with Gasteiger partial charge in [0.25, 0.3) is 0 Å². The summed E-state index contributed by atoms with van der Waals surface area (Å²) in [5.74, 6) is 0.911. The van der Waals surface area contributed by atoms with Crippen molar-refractivity contribution in [3.8, 4) is 17.0 Å². The fraction of sp³-hybridized carbons (Fsp3) is 0.419. The van der Waals surface area contributed by atoms with Crippen LogP contribution >= 0.6 is 23.2 Å². The van der Waals surface area contributed by atoms with Gasteiger partial charge in [0.15, 0.2) is 0 Å². The standard InChI is InChI=1S/C31H27Cl2N3O5/c32-22-12-34-13-23(33)24(22)26-21(27(41-36-26)17-4-5-17)14-40-31-8-6-29(15-30(29,31)7-9-31)16-39-19-10-18-2-1-3-20(28(37)38)25(18)35-11-19/h1-3,10-13,17H,4-9,14-16H2,(H,37,38). The van der Waals surface area contributed by atoms with Gasteiger partial charge in [-0.15, -0.1) is 0 Å². The second-order valence-electron chi connectivity index (χ2n) is 12.1. The second kappa shape index (κ2) is 8.90. The van der Waals surface area contributed by atoms with Gasteiger partial charge in [0, 0.05) is 45.7 Å². The molecule has 8 rings (SSSR count). The van der Waals surface area contributed by atoms with Crippen molar-refractivity contribution in [1.82, 2.24) is 15.1 Å². The molecule has 0 amide bonds. The molecule has 0 radical (unpaired) electrons. The van der Waals surface area contributed by atoms with Gasteiger partial charge in [-0.3, -0.25) is 9.97 Å². The molecule has 4 aliphatic carbocycles. The highest BCUT2D eigenvalue weighted by atomic mass is 35.5. The Morgan fingerprint density at radius 3 is 2.63 bits per heavy atom. The summed E-state index contributed by atoms with van der Waals surface area (Å²) in [6.45, 7) is 0.997. The number of para-hydroxylation sites is 1. The molecule has 4 saturated carbocycles. The highest BCUT2D eigenvalue weighted by Crippen LogP contribution is 2.86. The highest BCUT2D eigenvalue weighted by molar-refractivity contribution is 6.38. The lowest BCUT2D eigenvalue weighted by molar-refractivity contribution is -0.165. The van der Waals surface area contributed by atoms with Gasteiger partial charge in [-0.1, -0.05) is 40.5 Å². The third-order valence-electron chi connectivity index (χ3n) is 10.1. The molecule has 10 heteroatoms. The number of carboxylic acid groups (broad SMARTS) is 1. The normalized spacial score (nSPS) is 27.8. The van der Waals surface area contributed by atoms with E-state index in [1.54, 1.807) is 30.7 Å². The van der Waals surface area contributed by atoms with Gasteiger partial charge in [0.2, 0.25) is 0 Å². The fourth-order valence-corrected chi connectivity index (χ4v) is 8.24. The van der Waals surface area contributed by atoms with E-state index in [0.717, 1.165) is 61.7 Å². The molecule has 41 heavy (non-hydrogen) atoms. The molecule has 3 heterocycles. The van der Waals surface area contributed by atoms with Crippen molar-refractivity contribution in [3.63, 3.8) is 0 Å². The predicted molar refractivity (Wildman–Crippen MR) is 151 cm³/mol. The molecule has 4 aromatic rings. The number of hydrogen-bond donors (Lipinski definition) is 1. The molecule has 210 valence electrons. The van der Waals surface area contributed by atoms with Crippen LogP contribution in [0.3, 0.4) is 0 Å². The Kier molecular flexibility index (Phi) is 5.54. The Labute approximate surface area is 246 Å². The predicted octanol–water partition coefficient (Wildman–Crippen LogP) is 7.47. The number of aromatic carboxylic acids is 1. The first kappa shape index (κ1) is 25.5. The minimum absolute atomic E-state index is 0.0810. The van der Waals surface area contributed by atoms with Gasteiger partial charge < -0.3 is 19.1 Å². The van der Waals surface area contributed by atoms with Gasteiger partial charge in [-0.25, -0.2) is 4.79 Å². The average molecular weight is 592 g/mol. The molecular weight excluding hydrogens is 565 g/mol. The van der Waals surface area contributed by atoms with E-state index in [1.165, 1.54) is 0 Å². The van der Waals surface area contributed by atoms with Gasteiger partial charge in [-0.05, 0) is 57.1 Å². The number of pyridine rings is 2. The number of halogens is 2. The SMILES string of the molecule is O=C(O)c1cccc2cc(OCC34CCC5(OCc6c(-c7c(Cl)cncc7Cl)noc6C6CC6)CCC35C4)cnc12. The molecular formula is C31H27Cl2N3O5. The van der Waals surface area contributed by atoms with Gasteiger partial charge >= 0.3 is 5.97 Å². The Morgan fingerprint density at radius 2 is 1.90 bits per heavy atom. The molecule has 8 nitrogen and oxygen atoms in total. The van der Waals surface area contributed by atoms with Crippen molar-refractivity contribution in [2.24, 2.45) is 10.8 Å². The van der Waals surface area contributed by atoms with E-state index in [4.69, 9.17) is 37.2 Å². The first-order valence-corrected chi connectivity index (χ1v) is 14.8. The van der Waals surface area contributed by atoms with Crippen molar-refractivity contribution in [3.05, 3.63) is 69.8 Å². The molecule has 1 aromatic carbocycles. The number of benzene rings is 1. The van der Waals surface area contributed by atoms with E-state index in [0.29, 0.717) is 51.7 Å². The zero-order valence-electron chi connectivity index (χ0n) is 22.2. The quantitative estimate of drug-likeness (QED) is 0.213. The molecule has 4 aliphatic rings. The number of ether oxygens (including phenoxy) is 2. The summed E-state index contributed by atoms with van der Waals surface area (Å²) in [5.41, 5.74) is 2.89. The van der Waals surface area contributed by atoms with Gasteiger partial charge in [0.05, 0.1) is 46.1 Å². The van der Waals surface area contributed by atoms with Crippen molar-refractivity contribution in [2.45, 2.75) is 63.1 Å². The topological polar surface area (TPSA) is 108 Å². The molecule has 0 aliphatic heterocycles. The summed E-state index contributed by atoms with van der Waals surface area (Å²) >= 11 is 13.0. The third kappa shape index (κ3) is 3.70. The van der Waals surface area contributed by atoms with Crippen LogP contribution in [0.25, 0.3) is 22.2 Å². The summed E-state index contributed by atoms with van der Waals surface area (Å²) in [6.07, 6.45) is 12.2. The van der Waals surface area contributed by atoms with E-state index >= 15 is 0 Å². The van der Waals surface area contributed by atoms with Crippen LogP contribution in [-0.4, -0.2) is 38.4 Å². The zero-order chi connectivity index (χ0) is 28.0. The Morgan fingerprint density at radius 1 is 1.10 bits per heavy atom. The Bertz CT molecular complexity index is 1710. The summed E-state index contributed by atoms with van der Waals surface area (Å²) in [6, 6.07) is 7.04. The van der Waals surface area contributed by atoms with E-state index in [9.17, 15) is 9.90 Å². The fourth-order valence-electron chi connectivity index (χ4n) is 7.70. The number of nitrogens with zero attached hydrogens (tertiary/aromatic N) is 3. The number of rotatable bonds is 9. The maximum atomic E-state index is 11.5. The number of fused-ring (bicyclic) bond motifs is 1. The van der Waals surface area contributed by atoms with E-state index < -0.39 is 5.97 Å². The highest BCUT2D eigenvalue weighted by Gasteiger charge is 2.84. The van der Waals surface area contributed by atoms with Crippen molar-refractivity contribution < 1.29 is 23.9 Å². The Hall–Kier alpha value is -3.20. The van der Waals surface area contributed by atoms with Crippen LogP contribution in [0.1, 0.15) is 72.5 Å². The van der Waals surface area contributed by atoms with Crippen LogP contribution in [0.4, 0.5) is 0 Å². The summed E-state index contributed by atoms with van der Waals surface area (Å²) in [5, 5.41) is 15.5. The molecule has 3 atom stereocenters. The number of aromatic nitrogens is 3. The smallest absolute Gasteiger partial charge is 0.337 e. The van der Waals surface area contributed by atoms with Crippen LogP contribution < -0.4 is 4.74 Å². The molecule has 4 fully saturated rings. The molecule has 1 N–H and O–H groups in total. The third-order valence-corrected chi connectivity index (χ3v) is 10.7. The minimum atomic E-state index is -0.989. The van der Waals surface area contributed by atoms with Crippen LogP contribution in [-0.2, 0) is 11.3 Å². The average Bonchev–Trinajstić information content (AvgIpc) is 3.86. The molecule has 3 unspecified atom stereocenters. The molecule has 0 saturated heterocycles. The van der Waals surface area contributed by atoms with Crippen molar-refractivity contribution in [1.29, 1.82) is 0 Å². The maximum absolute atomic E-state index is 11.5. The minimum Gasteiger partial charge on any atom is -0.491 e. The Balaban J connectivity index is 1.01. The first-order valence-electron chi connectivity index (χ1n) is 14.0. The zero-order valence-corrected chi connectivity index (χ0v) is 23.7. The maximum Gasteiger partial charge on any atom is 0.337 e. The number of carboxylic acids is 1. The van der Waals surface area contributed by atoms with Crippen molar-refractivity contribution >= 4 is 40.1 Å². The van der Waals surface area contributed by atoms with E-state index in [-0.39, 0.29) is 22.0 Å². The molecule has 1 spiro atoms. The second-order valence-corrected chi connectivity index (χ2v) is 12.9. The monoisotopic (exact) mass is 591 g/mol. The summed E-state index contributed by atoms with van der Waals surface area (Å²) < 4.78 is 19.1. The lowest BCUT2D eigenvalue weighted by Gasteiger charge is -2.48. The van der Waals surface area contributed by atoms with Crippen LogP contribution in [0.2, 0.25) is 10.0 Å². The lowest BCUT2D eigenvalue weighted by Crippen LogP contribution is -2.50. The lowest BCUT2D eigenvalue weighted by atomic mass is 9.65. The molecule has 0 bridgehead atoms. The largest absolute Gasteiger partial charge is 0.491 e. The first-order chi connectivity index (χ1) is 19.9.